The van der Waals surface area contributed by atoms with E-state index < -0.39 is 55.1 Å². The second-order valence-electron chi connectivity index (χ2n) is 7.37. The molecule has 176 valence electrons. The first-order valence-electron chi connectivity index (χ1n) is 10.1. The van der Waals surface area contributed by atoms with Crippen molar-refractivity contribution < 1.29 is 48.9 Å². The van der Waals surface area contributed by atoms with Gasteiger partial charge in [0, 0.05) is 13.5 Å². The number of carbonyl (C=O) groups is 1. The number of esters is 1. The van der Waals surface area contributed by atoms with Gasteiger partial charge in [0.2, 0.25) is 12.0 Å². The van der Waals surface area contributed by atoms with Gasteiger partial charge in [0.05, 0.1) is 13.7 Å². The number of phenolic OH excluding ortho intramolecular Hbond substituents is 1. The standard InChI is InChI=1S/C22H28O10/c1-4-5-6-7-12-8-11-9-13(19(28-2)16(24)15(11)21(27)30-12)31-22-18(26)17(25)20(29-3)14(10-23)32-22/h4-7,9,12,14,17-18,20,22-26H,8,10H2,1-3H3/b5-4+,7-6+/t12-,14+,17+,18+,20+,22+/m0/s1. The van der Waals surface area contributed by atoms with Gasteiger partial charge in [0.15, 0.2) is 11.5 Å². The Morgan fingerprint density at radius 2 is 1.97 bits per heavy atom. The molecule has 0 bridgehead atoms. The Kier molecular flexibility index (Phi) is 7.75. The molecule has 6 atom stereocenters. The summed E-state index contributed by atoms with van der Waals surface area (Å²) in [6.07, 6.45) is 0.553. The molecule has 0 spiro atoms. The van der Waals surface area contributed by atoms with Crippen LogP contribution in [0.5, 0.6) is 17.2 Å². The van der Waals surface area contributed by atoms with E-state index in [2.05, 4.69) is 0 Å². The average Bonchev–Trinajstić information content (AvgIpc) is 2.76. The van der Waals surface area contributed by atoms with Gasteiger partial charge in [-0.25, -0.2) is 4.79 Å². The number of phenols is 1. The summed E-state index contributed by atoms with van der Waals surface area (Å²) in [6, 6.07) is 1.49. The molecule has 10 nitrogen and oxygen atoms in total. The number of rotatable bonds is 7. The van der Waals surface area contributed by atoms with Gasteiger partial charge in [0.1, 0.15) is 36.1 Å². The number of aliphatic hydroxyl groups excluding tert-OH is 3. The first-order chi connectivity index (χ1) is 15.4. The smallest absolute Gasteiger partial charge is 0.342 e. The van der Waals surface area contributed by atoms with Gasteiger partial charge >= 0.3 is 5.97 Å². The predicted octanol–water partition coefficient (Wildman–Crippen LogP) is 0.447. The molecule has 0 aliphatic carbocycles. The first-order valence-corrected chi connectivity index (χ1v) is 10.1. The van der Waals surface area contributed by atoms with E-state index in [0.717, 1.165) is 0 Å². The van der Waals surface area contributed by atoms with Gasteiger partial charge in [0.25, 0.3) is 0 Å². The van der Waals surface area contributed by atoms with Crippen LogP contribution in [-0.2, 0) is 20.6 Å². The second kappa shape index (κ2) is 10.3. The number of aromatic hydroxyl groups is 1. The molecule has 0 saturated carbocycles. The van der Waals surface area contributed by atoms with Crippen LogP contribution in [0.1, 0.15) is 22.8 Å². The fraction of sp³-hybridized carbons (Fsp3) is 0.500. The first kappa shape index (κ1) is 24.0. The molecule has 32 heavy (non-hydrogen) atoms. The molecule has 2 aliphatic rings. The van der Waals surface area contributed by atoms with Crippen LogP contribution in [-0.4, -0.2) is 84.0 Å². The molecule has 0 unspecified atom stereocenters. The van der Waals surface area contributed by atoms with Crippen molar-refractivity contribution in [1.29, 1.82) is 0 Å². The van der Waals surface area contributed by atoms with Crippen molar-refractivity contribution in [3.63, 3.8) is 0 Å². The minimum absolute atomic E-state index is 0.0153. The molecule has 1 aromatic carbocycles. The fourth-order valence-corrected chi connectivity index (χ4v) is 3.78. The van der Waals surface area contributed by atoms with E-state index in [0.29, 0.717) is 5.56 Å². The molecule has 2 aliphatic heterocycles. The number of ether oxygens (including phenoxy) is 5. The zero-order chi connectivity index (χ0) is 23.4. The minimum atomic E-state index is -1.52. The fourth-order valence-electron chi connectivity index (χ4n) is 3.78. The van der Waals surface area contributed by atoms with Crippen molar-refractivity contribution >= 4 is 5.97 Å². The van der Waals surface area contributed by atoms with E-state index in [1.807, 2.05) is 13.0 Å². The molecule has 3 rings (SSSR count). The van der Waals surface area contributed by atoms with Gasteiger partial charge in [-0.1, -0.05) is 18.2 Å². The average molecular weight is 452 g/mol. The Balaban J connectivity index is 1.93. The number of carbonyl (C=O) groups excluding carboxylic acids is 1. The second-order valence-corrected chi connectivity index (χ2v) is 7.37. The van der Waals surface area contributed by atoms with Gasteiger partial charge in [-0.3, -0.25) is 0 Å². The topological polar surface area (TPSA) is 144 Å². The maximum absolute atomic E-state index is 12.5. The van der Waals surface area contributed by atoms with E-state index in [9.17, 15) is 25.2 Å². The zero-order valence-corrected chi connectivity index (χ0v) is 18.0. The number of fused-ring (bicyclic) bond motifs is 1. The van der Waals surface area contributed by atoms with E-state index in [4.69, 9.17) is 23.7 Å². The molecule has 1 saturated heterocycles. The molecule has 10 heteroatoms. The Morgan fingerprint density at radius 1 is 1.22 bits per heavy atom. The van der Waals surface area contributed by atoms with Crippen molar-refractivity contribution in [1.82, 2.24) is 0 Å². The number of hydrogen-bond donors (Lipinski definition) is 4. The molecular weight excluding hydrogens is 424 g/mol. The third-order valence-electron chi connectivity index (χ3n) is 5.36. The Labute approximate surface area is 185 Å². The molecule has 0 amide bonds. The highest BCUT2D eigenvalue weighted by atomic mass is 16.7. The molecule has 4 N–H and O–H groups in total. The van der Waals surface area contributed by atoms with Crippen LogP contribution >= 0.6 is 0 Å². The van der Waals surface area contributed by atoms with Crippen LogP contribution in [0.15, 0.2) is 30.4 Å². The molecule has 1 fully saturated rings. The molecule has 0 radical (unpaired) electrons. The lowest BCUT2D eigenvalue weighted by Gasteiger charge is -2.41. The number of cyclic esters (lactones) is 1. The van der Waals surface area contributed by atoms with Crippen molar-refractivity contribution in [3.8, 4) is 17.2 Å². The van der Waals surface area contributed by atoms with Crippen molar-refractivity contribution in [3.05, 3.63) is 41.5 Å². The number of hydrogen-bond acceptors (Lipinski definition) is 10. The third-order valence-corrected chi connectivity index (χ3v) is 5.36. The highest BCUT2D eigenvalue weighted by molar-refractivity contribution is 5.97. The number of benzene rings is 1. The summed E-state index contributed by atoms with van der Waals surface area (Å²) in [6.45, 7) is 1.37. The lowest BCUT2D eigenvalue weighted by atomic mass is 9.96. The number of methoxy groups -OCH3 is 2. The summed E-state index contributed by atoms with van der Waals surface area (Å²) < 4.78 is 27.0. The van der Waals surface area contributed by atoms with E-state index in [1.165, 1.54) is 20.3 Å². The van der Waals surface area contributed by atoms with Crippen LogP contribution < -0.4 is 9.47 Å². The van der Waals surface area contributed by atoms with Crippen LogP contribution in [0.4, 0.5) is 0 Å². The molecule has 0 aromatic heterocycles. The largest absolute Gasteiger partial charge is 0.504 e. The highest BCUT2D eigenvalue weighted by Gasteiger charge is 2.46. The summed E-state index contributed by atoms with van der Waals surface area (Å²) in [5, 5.41) is 41.0. The maximum atomic E-state index is 12.5. The highest BCUT2D eigenvalue weighted by Crippen LogP contribution is 2.44. The Bertz CT molecular complexity index is 878. The normalized spacial score (nSPS) is 30.4. The Hall–Kier alpha value is -2.63. The minimum Gasteiger partial charge on any atom is -0.504 e. The van der Waals surface area contributed by atoms with Crippen molar-refractivity contribution in [2.45, 2.75) is 50.2 Å². The maximum Gasteiger partial charge on any atom is 0.342 e. The van der Waals surface area contributed by atoms with Gasteiger partial charge in [-0.05, 0) is 24.6 Å². The molecule has 2 heterocycles. The van der Waals surface area contributed by atoms with E-state index >= 15 is 0 Å². The van der Waals surface area contributed by atoms with E-state index in [-0.39, 0.29) is 23.5 Å². The quantitative estimate of drug-likeness (QED) is 0.340. The monoisotopic (exact) mass is 452 g/mol. The molecular formula is C22H28O10. The predicted molar refractivity (Wildman–Crippen MR) is 111 cm³/mol. The number of allylic oxidation sites excluding steroid dienone is 3. The zero-order valence-electron chi connectivity index (χ0n) is 18.0. The SMILES string of the molecule is C/C=C/C=C/[C@H]1Cc2cc(O[C@@H]3O[C@H](CO)[C@@H](OC)[C@H](O)[C@H]3O)c(OC)c(O)c2C(=O)O1. The number of aliphatic hydroxyl groups is 3. The van der Waals surface area contributed by atoms with Gasteiger partial charge in [-0.2, -0.15) is 0 Å². The lowest BCUT2D eigenvalue weighted by Crippen LogP contribution is -2.60. The van der Waals surface area contributed by atoms with Gasteiger partial charge in [-0.15, -0.1) is 0 Å². The summed E-state index contributed by atoms with van der Waals surface area (Å²) in [5.41, 5.74) is 0.409. The summed E-state index contributed by atoms with van der Waals surface area (Å²) >= 11 is 0. The van der Waals surface area contributed by atoms with Crippen molar-refractivity contribution in [2.24, 2.45) is 0 Å². The third kappa shape index (κ3) is 4.59. The van der Waals surface area contributed by atoms with Crippen LogP contribution in [0.3, 0.4) is 0 Å². The van der Waals surface area contributed by atoms with Crippen molar-refractivity contribution in [2.75, 3.05) is 20.8 Å². The van der Waals surface area contributed by atoms with Crippen LogP contribution in [0.25, 0.3) is 0 Å². The molecule has 1 aromatic rings. The van der Waals surface area contributed by atoms with Gasteiger partial charge < -0.3 is 44.1 Å². The lowest BCUT2D eigenvalue weighted by molar-refractivity contribution is -0.282. The van der Waals surface area contributed by atoms with Crippen LogP contribution in [0, 0.1) is 0 Å². The van der Waals surface area contributed by atoms with E-state index in [1.54, 1.807) is 18.2 Å². The summed E-state index contributed by atoms with van der Waals surface area (Å²) in [5.74, 6) is -1.36. The Morgan fingerprint density at radius 3 is 2.59 bits per heavy atom. The summed E-state index contributed by atoms with van der Waals surface area (Å²) in [7, 11) is 2.59. The van der Waals surface area contributed by atoms with Crippen LogP contribution in [0.2, 0.25) is 0 Å². The summed E-state index contributed by atoms with van der Waals surface area (Å²) in [4.78, 5) is 12.5.